The Hall–Kier alpha value is -2.94. The molecule has 0 aromatic heterocycles. The first-order chi connectivity index (χ1) is 13.3. The predicted molar refractivity (Wildman–Crippen MR) is 104 cm³/mol. The molecule has 0 fully saturated rings. The lowest BCUT2D eigenvalue weighted by molar-refractivity contribution is -0.151. The number of nitrogens with zero attached hydrogens (tertiary/aromatic N) is 2. The van der Waals surface area contributed by atoms with E-state index in [4.69, 9.17) is 4.74 Å². The molecule has 0 radical (unpaired) electrons. The molecule has 1 aromatic rings. The molecular weight excluding hydrogens is 382 g/mol. The van der Waals surface area contributed by atoms with E-state index in [1.807, 2.05) is 37.3 Å². The number of amidine groups is 1. The zero-order valence-electron chi connectivity index (χ0n) is 15.5. The van der Waals surface area contributed by atoms with Crippen LogP contribution in [0, 0.1) is 0 Å². The third-order valence-corrected chi connectivity index (χ3v) is 5.54. The SMILES string of the molecule is CC(OC(=O)C1=CC=CN2CCS(=O)(=O)N=C12)C(=O)NC(C)c1ccccc1. The number of esters is 1. The molecule has 2 heterocycles. The van der Waals surface area contributed by atoms with Crippen molar-refractivity contribution in [3.63, 3.8) is 0 Å². The van der Waals surface area contributed by atoms with Crippen LogP contribution in [0.25, 0.3) is 0 Å². The summed E-state index contributed by atoms with van der Waals surface area (Å²) in [5.41, 5.74) is 0.924. The van der Waals surface area contributed by atoms with E-state index in [-0.39, 0.29) is 29.7 Å². The second kappa shape index (κ2) is 7.97. The lowest BCUT2D eigenvalue weighted by atomic mass is 10.1. The standard InChI is InChI=1S/C19H21N3O5S/c1-13(15-7-4-3-5-8-15)20-18(23)14(2)27-19(24)16-9-6-10-22-11-12-28(25,26)21-17(16)22/h3-10,13-14H,11-12H2,1-2H3,(H,20,23). The summed E-state index contributed by atoms with van der Waals surface area (Å²) >= 11 is 0. The van der Waals surface area contributed by atoms with Gasteiger partial charge in [-0.05, 0) is 31.6 Å². The Morgan fingerprint density at radius 3 is 2.64 bits per heavy atom. The van der Waals surface area contributed by atoms with Gasteiger partial charge in [-0.15, -0.1) is 4.40 Å². The van der Waals surface area contributed by atoms with E-state index in [0.29, 0.717) is 0 Å². The van der Waals surface area contributed by atoms with Gasteiger partial charge in [0, 0.05) is 12.7 Å². The molecule has 2 aliphatic heterocycles. The van der Waals surface area contributed by atoms with Crippen molar-refractivity contribution < 1.29 is 22.7 Å². The molecule has 2 unspecified atom stereocenters. The molecule has 28 heavy (non-hydrogen) atoms. The van der Waals surface area contributed by atoms with Gasteiger partial charge in [0.15, 0.2) is 11.9 Å². The first kappa shape index (κ1) is 19.8. The van der Waals surface area contributed by atoms with Gasteiger partial charge < -0.3 is 15.0 Å². The maximum Gasteiger partial charge on any atom is 0.342 e. The van der Waals surface area contributed by atoms with Crippen LogP contribution in [0.3, 0.4) is 0 Å². The number of amides is 1. The van der Waals surface area contributed by atoms with Crippen LogP contribution in [0.2, 0.25) is 0 Å². The largest absolute Gasteiger partial charge is 0.449 e. The minimum absolute atomic E-state index is 0.00142. The Balaban J connectivity index is 1.66. The molecule has 1 aromatic carbocycles. The number of nitrogens with one attached hydrogen (secondary N) is 1. The summed E-state index contributed by atoms with van der Waals surface area (Å²) in [4.78, 5) is 26.5. The van der Waals surface area contributed by atoms with Gasteiger partial charge in [-0.1, -0.05) is 30.3 Å². The van der Waals surface area contributed by atoms with E-state index in [0.717, 1.165) is 5.56 Å². The molecule has 3 rings (SSSR count). The average molecular weight is 403 g/mol. The first-order valence-corrected chi connectivity index (χ1v) is 10.4. The highest BCUT2D eigenvalue weighted by atomic mass is 32.2. The second-order valence-corrected chi connectivity index (χ2v) is 8.26. The number of benzene rings is 1. The molecule has 1 N–H and O–H groups in total. The minimum atomic E-state index is -3.63. The van der Waals surface area contributed by atoms with Gasteiger partial charge in [0.1, 0.15) is 5.57 Å². The third kappa shape index (κ3) is 4.48. The van der Waals surface area contributed by atoms with Crippen molar-refractivity contribution in [1.82, 2.24) is 10.2 Å². The number of carbonyl (C=O) groups excluding carboxylic acids is 2. The Bertz CT molecular complexity index is 967. The summed E-state index contributed by atoms with van der Waals surface area (Å²) < 4.78 is 32.5. The molecule has 8 nitrogen and oxygen atoms in total. The monoisotopic (exact) mass is 403 g/mol. The number of sulfonamides is 1. The normalized spacial score (nSPS) is 19.6. The predicted octanol–water partition coefficient (Wildman–Crippen LogP) is 1.29. The van der Waals surface area contributed by atoms with Crippen LogP contribution in [0.5, 0.6) is 0 Å². The maximum atomic E-state index is 12.5. The molecule has 0 saturated carbocycles. The van der Waals surface area contributed by atoms with Gasteiger partial charge in [-0.2, -0.15) is 0 Å². The number of carbonyl (C=O) groups is 2. The molecule has 0 bridgehead atoms. The summed E-state index contributed by atoms with van der Waals surface area (Å²) in [7, 11) is -3.63. The number of allylic oxidation sites excluding steroid dienone is 2. The van der Waals surface area contributed by atoms with Gasteiger partial charge in [0.25, 0.3) is 15.9 Å². The topological polar surface area (TPSA) is 105 Å². The highest BCUT2D eigenvalue weighted by Crippen LogP contribution is 2.19. The van der Waals surface area contributed by atoms with E-state index in [2.05, 4.69) is 9.71 Å². The zero-order chi connectivity index (χ0) is 20.3. The number of fused-ring (bicyclic) bond motifs is 1. The highest BCUT2D eigenvalue weighted by molar-refractivity contribution is 7.90. The van der Waals surface area contributed by atoms with Crippen molar-refractivity contribution in [1.29, 1.82) is 0 Å². The fourth-order valence-corrected chi connectivity index (χ4v) is 3.79. The Morgan fingerprint density at radius 2 is 1.93 bits per heavy atom. The van der Waals surface area contributed by atoms with Crippen LogP contribution < -0.4 is 5.32 Å². The van der Waals surface area contributed by atoms with Gasteiger partial charge in [0.05, 0.1) is 11.8 Å². The smallest absolute Gasteiger partial charge is 0.342 e. The van der Waals surface area contributed by atoms with E-state index in [1.54, 1.807) is 17.2 Å². The minimum Gasteiger partial charge on any atom is -0.449 e. The molecule has 9 heteroatoms. The van der Waals surface area contributed by atoms with Crippen molar-refractivity contribution in [2.45, 2.75) is 26.0 Å². The van der Waals surface area contributed by atoms with E-state index in [1.165, 1.54) is 13.0 Å². The Morgan fingerprint density at radius 1 is 1.21 bits per heavy atom. The van der Waals surface area contributed by atoms with Crippen molar-refractivity contribution in [3.05, 3.63) is 59.8 Å². The highest BCUT2D eigenvalue weighted by Gasteiger charge is 2.32. The van der Waals surface area contributed by atoms with Crippen LogP contribution in [-0.2, 0) is 24.3 Å². The quantitative estimate of drug-likeness (QED) is 0.743. The lowest BCUT2D eigenvalue weighted by Crippen LogP contribution is -2.42. The van der Waals surface area contributed by atoms with Crippen LogP contribution >= 0.6 is 0 Å². The summed E-state index contributed by atoms with van der Waals surface area (Å²) in [6.45, 7) is 3.49. The number of hydrogen-bond donors (Lipinski definition) is 1. The second-order valence-electron chi connectivity index (χ2n) is 6.50. The summed E-state index contributed by atoms with van der Waals surface area (Å²) in [6, 6.07) is 9.14. The number of rotatable bonds is 5. The lowest BCUT2D eigenvalue weighted by Gasteiger charge is -2.28. The Kier molecular flexibility index (Phi) is 5.64. The van der Waals surface area contributed by atoms with Gasteiger partial charge >= 0.3 is 5.97 Å². The molecule has 148 valence electrons. The van der Waals surface area contributed by atoms with Crippen LogP contribution in [0.4, 0.5) is 0 Å². The summed E-state index contributed by atoms with van der Waals surface area (Å²) in [5.74, 6) is -1.37. The molecule has 0 saturated heterocycles. The molecule has 0 aliphatic carbocycles. The van der Waals surface area contributed by atoms with E-state index >= 15 is 0 Å². The molecule has 1 amide bonds. The summed E-state index contributed by atoms with van der Waals surface area (Å²) in [6.07, 6.45) is 3.62. The Labute approximate surface area is 163 Å². The summed E-state index contributed by atoms with van der Waals surface area (Å²) in [5, 5.41) is 2.79. The molecule has 0 spiro atoms. The molecule has 2 aliphatic rings. The third-order valence-electron chi connectivity index (χ3n) is 4.39. The zero-order valence-corrected chi connectivity index (χ0v) is 16.3. The van der Waals surface area contributed by atoms with Crippen LogP contribution in [0.1, 0.15) is 25.5 Å². The average Bonchev–Trinajstić information content (AvgIpc) is 2.67. The number of ether oxygens (including phenoxy) is 1. The van der Waals surface area contributed by atoms with Crippen molar-refractivity contribution in [2.24, 2.45) is 4.40 Å². The van der Waals surface area contributed by atoms with Crippen molar-refractivity contribution in [3.8, 4) is 0 Å². The van der Waals surface area contributed by atoms with Crippen LogP contribution in [0.15, 0.2) is 58.7 Å². The fourth-order valence-electron chi connectivity index (χ4n) is 2.81. The maximum absolute atomic E-state index is 12.5. The van der Waals surface area contributed by atoms with Gasteiger partial charge in [0.2, 0.25) is 0 Å². The van der Waals surface area contributed by atoms with Crippen molar-refractivity contribution in [2.75, 3.05) is 12.3 Å². The number of hydrogen-bond acceptors (Lipinski definition) is 6. The van der Waals surface area contributed by atoms with Gasteiger partial charge in [-0.25, -0.2) is 13.2 Å². The molecular formula is C19H21N3O5S. The van der Waals surface area contributed by atoms with Crippen LogP contribution in [-0.4, -0.2) is 49.4 Å². The fraction of sp³-hybridized carbons (Fsp3) is 0.316. The molecule has 2 atom stereocenters. The van der Waals surface area contributed by atoms with E-state index < -0.39 is 28.0 Å². The first-order valence-electron chi connectivity index (χ1n) is 8.81. The van der Waals surface area contributed by atoms with Gasteiger partial charge in [-0.3, -0.25) is 4.79 Å². The van der Waals surface area contributed by atoms with Crippen molar-refractivity contribution >= 4 is 27.7 Å². The van der Waals surface area contributed by atoms with E-state index in [9.17, 15) is 18.0 Å².